The van der Waals surface area contributed by atoms with Gasteiger partial charge >= 0.3 is 0 Å². The highest BCUT2D eigenvalue weighted by molar-refractivity contribution is 5.17. The summed E-state index contributed by atoms with van der Waals surface area (Å²) in [5.41, 5.74) is 1.14. The van der Waals surface area contributed by atoms with Crippen molar-refractivity contribution in [2.24, 2.45) is 0 Å². The quantitative estimate of drug-likeness (QED) is 0.607. The Hall–Kier alpha value is -1.11. The molecule has 0 amide bonds. The van der Waals surface area contributed by atoms with Gasteiger partial charge in [-0.2, -0.15) is 0 Å². The first kappa shape index (κ1) is 7.99. The van der Waals surface area contributed by atoms with E-state index in [4.69, 9.17) is 0 Å². The Morgan fingerprint density at radius 1 is 1.36 bits per heavy atom. The van der Waals surface area contributed by atoms with E-state index in [-0.39, 0.29) is 5.83 Å². The molecule has 58 valence electrons. The van der Waals surface area contributed by atoms with Gasteiger partial charge in [0, 0.05) is 0 Å². The van der Waals surface area contributed by atoms with Crippen LogP contribution in [0.1, 0.15) is 12.5 Å². The van der Waals surface area contributed by atoms with Crippen molar-refractivity contribution in [1.29, 1.82) is 0 Å². The van der Waals surface area contributed by atoms with Crippen molar-refractivity contribution in [3.63, 3.8) is 0 Å². The predicted octanol–water partition coefficient (Wildman–Crippen LogP) is 3.10. The standard InChI is InChI=1S/C10H11F/c1-9(11)7-8-10-5-3-2-4-6-10/h2-7H,8H2,1H3/b9-7+. The molecular formula is C10H11F. The van der Waals surface area contributed by atoms with Crippen LogP contribution in [0.5, 0.6) is 0 Å². The van der Waals surface area contributed by atoms with E-state index in [9.17, 15) is 4.39 Å². The third-order valence-corrected chi connectivity index (χ3v) is 1.46. The van der Waals surface area contributed by atoms with Crippen molar-refractivity contribution in [2.45, 2.75) is 13.3 Å². The Bertz CT molecular complexity index is 232. The zero-order chi connectivity index (χ0) is 8.10. The summed E-state index contributed by atoms with van der Waals surface area (Å²) in [5, 5.41) is 0. The summed E-state index contributed by atoms with van der Waals surface area (Å²) < 4.78 is 12.2. The molecule has 0 spiro atoms. The fraction of sp³-hybridized carbons (Fsp3) is 0.200. The van der Waals surface area contributed by atoms with Crippen molar-refractivity contribution < 1.29 is 4.39 Å². The number of hydrogen-bond acceptors (Lipinski definition) is 0. The molecule has 1 rings (SSSR count). The molecule has 1 aromatic carbocycles. The summed E-state index contributed by atoms with van der Waals surface area (Å²) in [4.78, 5) is 0. The molecule has 0 aliphatic heterocycles. The molecule has 1 heteroatoms. The van der Waals surface area contributed by atoms with Crippen molar-refractivity contribution in [3.05, 3.63) is 47.8 Å². The van der Waals surface area contributed by atoms with Crippen molar-refractivity contribution >= 4 is 0 Å². The molecule has 0 N–H and O–H groups in total. The number of allylic oxidation sites excluding steroid dienone is 2. The fourth-order valence-electron chi connectivity index (χ4n) is 0.873. The van der Waals surface area contributed by atoms with Crippen LogP contribution in [-0.2, 0) is 6.42 Å². The van der Waals surface area contributed by atoms with E-state index in [1.54, 1.807) is 6.08 Å². The maximum atomic E-state index is 12.2. The van der Waals surface area contributed by atoms with E-state index < -0.39 is 0 Å². The largest absolute Gasteiger partial charge is 0.212 e. The van der Waals surface area contributed by atoms with Gasteiger partial charge in [-0.25, -0.2) is 4.39 Å². The van der Waals surface area contributed by atoms with Crippen LogP contribution in [-0.4, -0.2) is 0 Å². The highest BCUT2D eigenvalue weighted by Gasteiger charge is 1.87. The minimum absolute atomic E-state index is 0.117. The third kappa shape index (κ3) is 2.99. The number of benzene rings is 1. The molecule has 0 atom stereocenters. The predicted molar refractivity (Wildman–Crippen MR) is 45.0 cm³/mol. The molecule has 11 heavy (non-hydrogen) atoms. The highest BCUT2D eigenvalue weighted by Crippen LogP contribution is 2.02. The zero-order valence-electron chi connectivity index (χ0n) is 6.55. The Balaban J connectivity index is 2.59. The second-order valence-electron chi connectivity index (χ2n) is 2.48. The van der Waals surface area contributed by atoms with E-state index in [1.165, 1.54) is 6.92 Å². The Morgan fingerprint density at radius 2 is 2.00 bits per heavy atom. The monoisotopic (exact) mass is 150 g/mol. The molecule has 0 saturated heterocycles. The Kier molecular flexibility index (Phi) is 2.84. The molecule has 1 aromatic rings. The molecule has 0 aliphatic carbocycles. The topological polar surface area (TPSA) is 0 Å². The molecule has 0 fully saturated rings. The summed E-state index contributed by atoms with van der Waals surface area (Å²) >= 11 is 0. The van der Waals surface area contributed by atoms with Gasteiger partial charge in [0.05, 0.1) is 5.83 Å². The molecular weight excluding hydrogens is 139 g/mol. The van der Waals surface area contributed by atoms with Crippen LogP contribution < -0.4 is 0 Å². The van der Waals surface area contributed by atoms with Crippen LogP contribution in [0.3, 0.4) is 0 Å². The SMILES string of the molecule is C/C(F)=C\Cc1ccccc1. The normalized spacial score (nSPS) is 11.6. The van der Waals surface area contributed by atoms with Crippen LogP contribution in [0, 0.1) is 0 Å². The number of hydrogen-bond donors (Lipinski definition) is 0. The second-order valence-corrected chi connectivity index (χ2v) is 2.48. The first-order chi connectivity index (χ1) is 5.29. The Morgan fingerprint density at radius 3 is 2.55 bits per heavy atom. The summed E-state index contributed by atoms with van der Waals surface area (Å²) in [7, 11) is 0. The molecule has 0 radical (unpaired) electrons. The van der Waals surface area contributed by atoms with E-state index in [0.29, 0.717) is 6.42 Å². The maximum absolute atomic E-state index is 12.2. The van der Waals surface area contributed by atoms with Crippen molar-refractivity contribution in [1.82, 2.24) is 0 Å². The molecule has 0 nitrogen and oxygen atoms in total. The molecule has 0 aromatic heterocycles. The maximum Gasteiger partial charge on any atom is 0.0932 e. The van der Waals surface area contributed by atoms with Gasteiger partial charge in [-0.05, 0) is 25.0 Å². The van der Waals surface area contributed by atoms with Crippen molar-refractivity contribution in [2.75, 3.05) is 0 Å². The van der Waals surface area contributed by atoms with E-state index in [1.807, 2.05) is 30.3 Å². The van der Waals surface area contributed by atoms with Gasteiger partial charge in [0.25, 0.3) is 0 Å². The summed E-state index contributed by atoms with van der Waals surface area (Å²) in [5.74, 6) is -0.117. The minimum atomic E-state index is -0.117. The average molecular weight is 150 g/mol. The smallest absolute Gasteiger partial charge is 0.0932 e. The lowest BCUT2D eigenvalue weighted by molar-refractivity contribution is 0.635. The summed E-state index contributed by atoms with van der Waals surface area (Å²) in [6, 6.07) is 9.84. The molecule has 0 saturated carbocycles. The van der Waals surface area contributed by atoms with Crippen LogP contribution >= 0.6 is 0 Å². The van der Waals surface area contributed by atoms with Crippen LogP contribution in [0.4, 0.5) is 4.39 Å². The second kappa shape index (κ2) is 3.91. The van der Waals surface area contributed by atoms with Gasteiger partial charge < -0.3 is 0 Å². The van der Waals surface area contributed by atoms with E-state index in [2.05, 4.69) is 0 Å². The highest BCUT2D eigenvalue weighted by atomic mass is 19.1. The number of halogens is 1. The van der Waals surface area contributed by atoms with Gasteiger partial charge in [-0.1, -0.05) is 30.3 Å². The third-order valence-electron chi connectivity index (χ3n) is 1.46. The minimum Gasteiger partial charge on any atom is -0.212 e. The van der Waals surface area contributed by atoms with E-state index >= 15 is 0 Å². The first-order valence-electron chi connectivity index (χ1n) is 3.65. The molecule has 0 aliphatic rings. The van der Waals surface area contributed by atoms with Gasteiger partial charge in [-0.3, -0.25) is 0 Å². The molecule has 0 unspecified atom stereocenters. The molecule has 0 bridgehead atoms. The summed E-state index contributed by atoms with van der Waals surface area (Å²) in [6.45, 7) is 1.46. The average Bonchev–Trinajstić information content (AvgIpc) is 2.03. The molecule has 0 heterocycles. The lowest BCUT2D eigenvalue weighted by Crippen LogP contribution is -1.78. The van der Waals surface area contributed by atoms with Crippen LogP contribution in [0.2, 0.25) is 0 Å². The lowest BCUT2D eigenvalue weighted by Gasteiger charge is -1.93. The zero-order valence-corrected chi connectivity index (χ0v) is 6.55. The number of rotatable bonds is 2. The van der Waals surface area contributed by atoms with Crippen LogP contribution in [0.15, 0.2) is 42.2 Å². The fourth-order valence-corrected chi connectivity index (χ4v) is 0.873. The van der Waals surface area contributed by atoms with Gasteiger partial charge in [-0.15, -0.1) is 0 Å². The van der Waals surface area contributed by atoms with Crippen LogP contribution in [0.25, 0.3) is 0 Å². The van der Waals surface area contributed by atoms with E-state index in [0.717, 1.165) is 5.56 Å². The Labute approximate surface area is 66.4 Å². The van der Waals surface area contributed by atoms with Crippen molar-refractivity contribution in [3.8, 4) is 0 Å². The summed E-state index contributed by atoms with van der Waals surface area (Å²) in [6.07, 6.45) is 2.26. The van der Waals surface area contributed by atoms with Gasteiger partial charge in [0.1, 0.15) is 0 Å². The van der Waals surface area contributed by atoms with Gasteiger partial charge in [0.2, 0.25) is 0 Å². The van der Waals surface area contributed by atoms with Gasteiger partial charge in [0.15, 0.2) is 0 Å². The first-order valence-corrected chi connectivity index (χ1v) is 3.65. The lowest BCUT2D eigenvalue weighted by atomic mass is 10.1.